The van der Waals surface area contributed by atoms with Gasteiger partial charge in [0.05, 0.1) is 18.3 Å². The van der Waals surface area contributed by atoms with Crippen LogP contribution in [-0.2, 0) is 17.8 Å². The van der Waals surface area contributed by atoms with Crippen LogP contribution in [0.2, 0.25) is 0 Å². The van der Waals surface area contributed by atoms with Crippen molar-refractivity contribution in [2.75, 3.05) is 0 Å². The third-order valence-corrected chi connectivity index (χ3v) is 2.42. The van der Waals surface area contributed by atoms with Crippen molar-refractivity contribution in [3.8, 4) is 0 Å². The Labute approximate surface area is 81.7 Å². The van der Waals surface area contributed by atoms with Crippen LogP contribution in [0.1, 0.15) is 25.0 Å². The zero-order valence-electron chi connectivity index (χ0n) is 7.89. The number of aryl methyl sites for hydroxylation is 1. The van der Waals surface area contributed by atoms with E-state index in [1.54, 1.807) is 6.20 Å². The van der Waals surface area contributed by atoms with Crippen LogP contribution in [0, 0.1) is 5.92 Å². The molecule has 0 atom stereocenters. The minimum atomic E-state index is -0.774. The molecule has 2 rings (SSSR count). The number of hydrogen-bond acceptors (Lipinski definition) is 3. The Morgan fingerprint density at radius 1 is 1.64 bits per heavy atom. The van der Waals surface area contributed by atoms with Crippen molar-refractivity contribution in [3.63, 3.8) is 0 Å². The molecule has 1 N–H and O–H groups in total. The van der Waals surface area contributed by atoms with Crippen LogP contribution in [-0.4, -0.2) is 26.1 Å². The van der Waals surface area contributed by atoms with Crippen LogP contribution in [0.5, 0.6) is 0 Å². The van der Waals surface area contributed by atoms with Gasteiger partial charge in [-0.1, -0.05) is 5.21 Å². The van der Waals surface area contributed by atoms with E-state index in [0.717, 1.165) is 18.2 Å². The maximum atomic E-state index is 10.4. The average molecular weight is 195 g/mol. The third-order valence-electron chi connectivity index (χ3n) is 2.42. The Bertz CT molecular complexity index is 331. The monoisotopic (exact) mass is 195 g/mol. The molecule has 1 aromatic heterocycles. The van der Waals surface area contributed by atoms with E-state index in [2.05, 4.69) is 10.3 Å². The summed E-state index contributed by atoms with van der Waals surface area (Å²) >= 11 is 0. The van der Waals surface area contributed by atoms with E-state index in [4.69, 9.17) is 5.11 Å². The highest BCUT2D eigenvalue weighted by molar-refractivity contribution is 5.66. The maximum Gasteiger partial charge on any atom is 0.303 e. The van der Waals surface area contributed by atoms with E-state index in [1.807, 2.05) is 4.68 Å². The van der Waals surface area contributed by atoms with E-state index >= 15 is 0 Å². The molecule has 1 heterocycles. The lowest BCUT2D eigenvalue weighted by atomic mass is 10.2. The lowest BCUT2D eigenvalue weighted by molar-refractivity contribution is -0.136. The van der Waals surface area contributed by atoms with Gasteiger partial charge in [0.1, 0.15) is 0 Å². The van der Waals surface area contributed by atoms with Crippen molar-refractivity contribution in [1.29, 1.82) is 0 Å². The Balaban J connectivity index is 1.93. The molecule has 5 nitrogen and oxygen atoms in total. The van der Waals surface area contributed by atoms with Gasteiger partial charge in [-0.3, -0.25) is 4.79 Å². The smallest absolute Gasteiger partial charge is 0.303 e. The Kier molecular flexibility index (Phi) is 2.47. The van der Waals surface area contributed by atoms with E-state index in [0.29, 0.717) is 6.42 Å². The number of rotatable bonds is 5. The molecule has 0 bridgehead atoms. The van der Waals surface area contributed by atoms with Crippen LogP contribution >= 0.6 is 0 Å². The van der Waals surface area contributed by atoms with Crippen LogP contribution in [0.3, 0.4) is 0 Å². The number of nitrogens with zero attached hydrogens (tertiary/aromatic N) is 3. The summed E-state index contributed by atoms with van der Waals surface area (Å²) in [6.07, 6.45) is 4.86. The molecule has 0 unspecified atom stereocenters. The standard InChI is InChI=1S/C9H13N3O2/c13-9(14)4-3-8-5-10-11-12(8)6-7-1-2-7/h5,7H,1-4,6H2,(H,13,14). The summed E-state index contributed by atoms with van der Waals surface area (Å²) in [6, 6.07) is 0. The van der Waals surface area contributed by atoms with E-state index < -0.39 is 5.97 Å². The molecular formula is C9H13N3O2. The topological polar surface area (TPSA) is 68.0 Å². The van der Waals surface area contributed by atoms with Gasteiger partial charge in [-0.05, 0) is 18.8 Å². The van der Waals surface area contributed by atoms with Crippen LogP contribution in [0.15, 0.2) is 6.20 Å². The number of carbonyl (C=O) groups is 1. The van der Waals surface area contributed by atoms with Gasteiger partial charge in [-0.25, -0.2) is 4.68 Å². The number of aromatic nitrogens is 3. The van der Waals surface area contributed by atoms with Crippen LogP contribution in [0.4, 0.5) is 0 Å². The van der Waals surface area contributed by atoms with Gasteiger partial charge in [0.25, 0.3) is 0 Å². The second kappa shape index (κ2) is 3.77. The Morgan fingerprint density at radius 2 is 2.43 bits per heavy atom. The molecule has 0 amide bonds. The van der Waals surface area contributed by atoms with Crippen molar-refractivity contribution in [1.82, 2.24) is 15.0 Å². The minimum absolute atomic E-state index is 0.151. The molecule has 1 aliphatic rings. The molecule has 0 saturated heterocycles. The van der Waals surface area contributed by atoms with Crippen molar-refractivity contribution in [2.45, 2.75) is 32.2 Å². The van der Waals surface area contributed by atoms with E-state index in [1.165, 1.54) is 12.8 Å². The normalized spacial score (nSPS) is 15.7. The molecule has 76 valence electrons. The van der Waals surface area contributed by atoms with Crippen molar-refractivity contribution in [2.24, 2.45) is 5.92 Å². The SMILES string of the molecule is O=C(O)CCc1cnnn1CC1CC1. The molecule has 1 fully saturated rings. The quantitative estimate of drug-likeness (QED) is 0.751. The van der Waals surface area contributed by atoms with E-state index in [-0.39, 0.29) is 6.42 Å². The first kappa shape index (κ1) is 9.18. The summed E-state index contributed by atoms with van der Waals surface area (Å²) in [6.45, 7) is 0.898. The lowest BCUT2D eigenvalue weighted by Gasteiger charge is -2.02. The lowest BCUT2D eigenvalue weighted by Crippen LogP contribution is -2.08. The molecule has 0 radical (unpaired) electrons. The predicted molar refractivity (Wildman–Crippen MR) is 48.7 cm³/mol. The summed E-state index contributed by atoms with van der Waals surface area (Å²) in [5, 5.41) is 16.3. The zero-order chi connectivity index (χ0) is 9.97. The highest BCUT2D eigenvalue weighted by Gasteiger charge is 2.23. The number of aliphatic carboxylic acids is 1. The second-order valence-corrected chi connectivity index (χ2v) is 3.74. The fraction of sp³-hybridized carbons (Fsp3) is 0.667. The predicted octanol–water partition coefficient (Wildman–Crippen LogP) is 0.705. The van der Waals surface area contributed by atoms with Gasteiger partial charge in [0, 0.05) is 13.0 Å². The Hall–Kier alpha value is -1.39. The molecule has 1 aliphatic carbocycles. The van der Waals surface area contributed by atoms with E-state index in [9.17, 15) is 4.79 Å². The summed E-state index contributed by atoms with van der Waals surface area (Å²) in [5.74, 6) is -0.0375. The first-order chi connectivity index (χ1) is 6.75. The van der Waals surface area contributed by atoms with Crippen LogP contribution in [0.25, 0.3) is 0 Å². The largest absolute Gasteiger partial charge is 0.481 e. The average Bonchev–Trinajstić information content (AvgIpc) is 2.81. The van der Waals surface area contributed by atoms with Gasteiger partial charge in [-0.2, -0.15) is 0 Å². The van der Waals surface area contributed by atoms with Gasteiger partial charge < -0.3 is 5.11 Å². The minimum Gasteiger partial charge on any atom is -0.481 e. The summed E-state index contributed by atoms with van der Waals surface area (Å²) in [5.41, 5.74) is 0.930. The summed E-state index contributed by atoms with van der Waals surface area (Å²) in [4.78, 5) is 10.4. The molecule has 0 aliphatic heterocycles. The molecule has 0 aromatic carbocycles. The highest BCUT2D eigenvalue weighted by Crippen LogP contribution is 2.30. The van der Waals surface area contributed by atoms with Gasteiger partial charge >= 0.3 is 5.97 Å². The van der Waals surface area contributed by atoms with Gasteiger partial charge in [-0.15, -0.1) is 5.10 Å². The molecule has 1 saturated carbocycles. The van der Waals surface area contributed by atoms with Gasteiger partial charge in [0.2, 0.25) is 0 Å². The summed E-state index contributed by atoms with van der Waals surface area (Å²) in [7, 11) is 0. The molecular weight excluding hydrogens is 182 g/mol. The molecule has 0 spiro atoms. The van der Waals surface area contributed by atoms with Crippen molar-refractivity contribution < 1.29 is 9.90 Å². The molecule has 5 heteroatoms. The zero-order valence-corrected chi connectivity index (χ0v) is 7.89. The molecule has 1 aromatic rings. The fourth-order valence-corrected chi connectivity index (χ4v) is 1.41. The maximum absolute atomic E-state index is 10.4. The van der Waals surface area contributed by atoms with Crippen molar-refractivity contribution in [3.05, 3.63) is 11.9 Å². The molecule has 14 heavy (non-hydrogen) atoms. The highest BCUT2D eigenvalue weighted by atomic mass is 16.4. The van der Waals surface area contributed by atoms with Crippen LogP contribution < -0.4 is 0 Å². The fourth-order valence-electron chi connectivity index (χ4n) is 1.41. The number of carboxylic acid groups (broad SMARTS) is 1. The first-order valence-corrected chi connectivity index (χ1v) is 4.85. The Morgan fingerprint density at radius 3 is 3.07 bits per heavy atom. The first-order valence-electron chi connectivity index (χ1n) is 4.85. The number of hydrogen-bond donors (Lipinski definition) is 1. The van der Waals surface area contributed by atoms with Crippen molar-refractivity contribution >= 4 is 5.97 Å². The second-order valence-electron chi connectivity index (χ2n) is 3.74. The number of carboxylic acids is 1. The third kappa shape index (κ3) is 2.31. The van der Waals surface area contributed by atoms with Gasteiger partial charge in [0.15, 0.2) is 0 Å². The summed E-state index contributed by atoms with van der Waals surface area (Å²) < 4.78 is 1.83.